The van der Waals surface area contributed by atoms with Gasteiger partial charge in [0.05, 0.1) is 26.7 Å². The standard InChI is InChI=1S/C13H27N2/c1-14(2)12-8-5-6-11-15(3,4)13(12)9-7-10-13/h12H,5-11H2,1-4H3/q+1. The van der Waals surface area contributed by atoms with Crippen LogP contribution in [0.15, 0.2) is 0 Å². The summed E-state index contributed by atoms with van der Waals surface area (Å²) in [5.41, 5.74) is 0.583. The lowest BCUT2D eigenvalue weighted by molar-refractivity contribution is -0.950. The Kier molecular flexibility index (Phi) is 2.85. The van der Waals surface area contributed by atoms with Gasteiger partial charge in [0.2, 0.25) is 0 Å². The molecule has 2 fully saturated rings. The predicted octanol–water partition coefficient (Wildman–Crippen LogP) is 2.10. The molecule has 1 atom stereocenters. The molecule has 2 rings (SSSR count). The van der Waals surface area contributed by atoms with Crippen LogP contribution in [0.4, 0.5) is 0 Å². The first-order valence-corrected chi connectivity index (χ1v) is 6.49. The van der Waals surface area contributed by atoms with E-state index in [1.165, 1.54) is 49.6 Å². The molecule has 0 radical (unpaired) electrons. The first-order chi connectivity index (χ1) is 7.00. The number of likely N-dealkylation sites (tertiary alicyclic amines) is 1. The van der Waals surface area contributed by atoms with E-state index in [-0.39, 0.29) is 0 Å². The Morgan fingerprint density at radius 1 is 1.07 bits per heavy atom. The van der Waals surface area contributed by atoms with Crippen LogP contribution in [-0.4, -0.2) is 55.7 Å². The topological polar surface area (TPSA) is 3.24 Å². The molecule has 0 amide bonds. The Labute approximate surface area is 94.8 Å². The van der Waals surface area contributed by atoms with E-state index in [0.29, 0.717) is 5.54 Å². The lowest BCUT2D eigenvalue weighted by atomic mass is 9.68. The molecule has 1 aliphatic carbocycles. The van der Waals surface area contributed by atoms with Crippen molar-refractivity contribution in [2.75, 3.05) is 34.7 Å². The Morgan fingerprint density at radius 2 is 1.73 bits per heavy atom. The molecule has 2 aliphatic rings. The Bertz CT molecular complexity index is 229. The summed E-state index contributed by atoms with van der Waals surface area (Å²) in [6.45, 7) is 1.38. The van der Waals surface area contributed by atoms with Crippen LogP contribution < -0.4 is 0 Å². The van der Waals surface area contributed by atoms with Crippen molar-refractivity contribution in [3.05, 3.63) is 0 Å². The van der Waals surface area contributed by atoms with Crippen molar-refractivity contribution in [3.8, 4) is 0 Å². The second-order valence-electron chi connectivity index (χ2n) is 6.34. The van der Waals surface area contributed by atoms with Gasteiger partial charge < -0.3 is 9.38 Å². The molecule has 0 aromatic carbocycles. The zero-order valence-corrected chi connectivity index (χ0v) is 10.9. The van der Waals surface area contributed by atoms with Gasteiger partial charge in [-0.3, -0.25) is 0 Å². The third-order valence-corrected chi connectivity index (χ3v) is 5.11. The van der Waals surface area contributed by atoms with E-state index in [1.807, 2.05) is 0 Å². The van der Waals surface area contributed by atoms with E-state index >= 15 is 0 Å². The maximum atomic E-state index is 2.49. The van der Waals surface area contributed by atoms with Crippen LogP contribution in [0.5, 0.6) is 0 Å². The zero-order chi connectivity index (χ0) is 11.1. The van der Waals surface area contributed by atoms with Gasteiger partial charge in [-0.2, -0.15) is 0 Å². The minimum Gasteiger partial charge on any atom is -0.322 e. The molecular formula is C13H27N2+. The molecule has 0 bridgehead atoms. The first-order valence-electron chi connectivity index (χ1n) is 6.49. The summed E-state index contributed by atoms with van der Waals surface area (Å²) >= 11 is 0. The van der Waals surface area contributed by atoms with E-state index in [0.717, 1.165) is 6.04 Å². The Balaban J connectivity index is 2.28. The fourth-order valence-electron chi connectivity index (χ4n) is 3.96. The van der Waals surface area contributed by atoms with Gasteiger partial charge in [0, 0.05) is 12.8 Å². The van der Waals surface area contributed by atoms with Crippen LogP contribution in [0.1, 0.15) is 38.5 Å². The van der Waals surface area contributed by atoms with Crippen molar-refractivity contribution < 1.29 is 4.48 Å². The molecule has 0 aromatic heterocycles. The summed E-state index contributed by atoms with van der Waals surface area (Å²) in [6.07, 6.45) is 8.60. The zero-order valence-electron chi connectivity index (χ0n) is 10.9. The van der Waals surface area contributed by atoms with E-state index in [4.69, 9.17) is 0 Å². The fraction of sp³-hybridized carbons (Fsp3) is 1.00. The van der Waals surface area contributed by atoms with Crippen LogP contribution in [0.2, 0.25) is 0 Å². The van der Waals surface area contributed by atoms with Crippen molar-refractivity contribution >= 4 is 0 Å². The predicted molar refractivity (Wildman–Crippen MR) is 64.9 cm³/mol. The van der Waals surface area contributed by atoms with E-state index in [1.54, 1.807) is 0 Å². The normalized spacial score (nSPS) is 33.8. The third-order valence-electron chi connectivity index (χ3n) is 5.11. The number of quaternary nitrogens is 1. The maximum Gasteiger partial charge on any atom is 0.114 e. The van der Waals surface area contributed by atoms with Gasteiger partial charge in [-0.1, -0.05) is 0 Å². The largest absolute Gasteiger partial charge is 0.322 e. The second-order valence-corrected chi connectivity index (χ2v) is 6.34. The number of rotatable bonds is 1. The summed E-state index contributed by atoms with van der Waals surface area (Å²) in [7, 11) is 9.47. The number of nitrogens with zero attached hydrogens (tertiary/aromatic N) is 2. The van der Waals surface area contributed by atoms with Gasteiger partial charge in [-0.05, 0) is 39.8 Å². The Hall–Kier alpha value is -0.0800. The van der Waals surface area contributed by atoms with E-state index in [9.17, 15) is 0 Å². The third kappa shape index (κ3) is 1.62. The van der Waals surface area contributed by atoms with Crippen molar-refractivity contribution in [1.29, 1.82) is 0 Å². The summed E-state index contributed by atoms with van der Waals surface area (Å²) in [5, 5.41) is 0. The molecule has 1 spiro atoms. The monoisotopic (exact) mass is 211 g/mol. The molecule has 1 aliphatic heterocycles. The summed E-state index contributed by atoms with van der Waals surface area (Å²) < 4.78 is 1.26. The lowest BCUT2D eigenvalue weighted by Gasteiger charge is -2.58. The van der Waals surface area contributed by atoms with Gasteiger partial charge in [-0.25, -0.2) is 0 Å². The summed E-state index contributed by atoms with van der Waals surface area (Å²) in [4.78, 5) is 2.49. The van der Waals surface area contributed by atoms with Gasteiger partial charge in [0.1, 0.15) is 5.54 Å². The van der Waals surface area contributed by atoms with Crippen molar-refractivity contribution in [2.45, 2.75) is 50.1 Å². The van der Waals surface area contributed by atoms with Crippen molar-refractivity contribution in [2.24, 2.45) is 0 Å². The lowest BCUT2D eigenvalue weighted by Crippen LogP contribution is -2.70. The molecule has 1 saturated carbocycles. The molecule has 1 heterocycles. The van der Waals surface area contributed by atoms with Crippen LogP contribution in [0.25, 0.3) is 0 Å². The van der Waals surface area contributed by atoms with Gasteiger partial charge in [0.25, 0.3) is 0 Å². The smallest absolute Gasteiger partial charge is 0.114 e. The summed E-state index contributed by atoms with van der Waals surface area (Å²) in [6, 6.07) is 0.809. The molecule has 1 unspecified atom stereocenters. The van der Waals surface area contributed by atoms with Gasteiger partial charge in [0.15, 0.2) is 0 Å². The molecule has 2 heteroatoms. The Morgan fingerprint density at radius 3 is 2.20 bits per heavy atom. The minimum absolute atomic E-state index is 0.583. The fourth-order valence-corrected chi connectivity index (χ4v) is 3.96. The van der Waals surface area contributed by atoms with Crippen LogP contribution in [0.3, 0.4) is 0 Å². The van der Waals surface area contributed by atoms with Gasteiger partial charge in [-0.15, -0.1) is 0 Å². The average Bonchev–Trinajstić information content (AvgIpc) is 2.18. The average molecular weight is 211 g/mol. The highest BCUT2D eigenvalue weighted by Crippen LogP contribution is 2.47. The molecule has 0 aromatic rings. The molecule has 88 valence electrons. The molecule has 15 heavy (non-hydrogen) atoms. The second kappa shape index (κ2) is 3.74. The number of likely N-dealkylation sites (N-methyl/N-ethyl adjacent to an activating group) is 2. The molecule has 2 nitrogen and oxygen atoms in total. The van der Waals surface area contributed by atoms with Crippen LogP contribution in [-0.2, 0) is 0 Å². The SMILES string of the molecule is CN(C)C1CCCC[N+](C)(C)C12CCC2. The summed E-state index contributed by atoms with van der Waals surface area (Å²) in [5.74, 6) is 0. The first kappa shape index (κ1) is 11.4. The van der Waals surface area contributed by atoms with Crippen LogP contribution in [0, 0.1) is 0 Å². The molecule has 1 saturated heterocycles. The quantitative estimate of drug-likeness (QED) is 0.600. The van der Waals surface area contributed by atoms with Crippen LogP contribution >= 0.6 is 0 Å². The highest BCUT2D eigenvalue weighted by atomic mass is 15.4. The number of hydrogen-bond donors (Lipinski definition) is 0. The molecular weight excluding hydrogens is 184 g/mol. The molecule has 0 N–H and O–H groups in total. The number of hydrogen-bond acceptors (Lipinski definition) is 1. The van der Waals surface area contributed by atoms with Crippen molar-refractivity contribution in [1.82, 2.24) is 4.90 Å². The van der Waals surface area contributed by atoms with Crippen molar-refractivity contribution in [3.63, 3.8) is 0 Å². The minimum atomic E-state index is 0.583. The highest BCUT2D eigenvalue weighted by Gasteiger charge is 2.56. The van der Waals surface area contributed by atoms with Gasteiger partial charge >= 0.3 is 0 Å². The van der Waals surface area contributed by atoms with E-state index < -0.39 is 0 Å². The maximum absolute atomic E-state index is 2.49. The van der Waals surface area contributed by atoms with E-state index in [2.05, 4.69) is 33.1 Å². The highest BCUT2D eigenvalue weighted by molar-refractivity contribution is 5.00.